The number of hydrogen-bond donors (Lipinski definition) is 5. The van der Waals surface area contributed by atoms with Gasteiger partial charge >= 0.3 is 0 Å². The predicted molar refractivity (Wildman–Crippen MR) is 128 cm³/mol. The van der Waals surface area contributed by atoms with Crippen molar-refractivity contribution in [3.8, 4) is 23.0 Å². The Morgan fingerprint density at radius 2 is 1.71 bits per heavy atom. The molecule has 0 unspecified atom stereocenters. The maximum Gasteiger partial charge on any atom is 0.205 e. The molecule has 5 N–H and O–H groups in total. The van der Waals surface area contributed by atoms with Gasteiger partial charge in [0.2, 0.25) is 11.5 Å². The van der Waals surface area contributed by atoms with Gasteiger partial charge in [0.1, 0.15) is 0 Å². The van der Waals surface area contributed by atoms with Crippen LogP contribution in [0.3, 0.4) is 0 Å². The Balaban J connectivity index is 1.88. The fourth-order valence-electron chi connectivity index (χ4n) is 4.11. The van der Waals surface area contributed by atoms with E-state index in [2.05, 4.69) is 17.6 Å². The molecule has 0 fully saturated rings. The van der Waals surface area contributed by atoms with E-state index in [0.29, 0.717) is 15.5 Å². The van der Waals surface area contributed by atoms with Gasteiger partial charge in [0.05, 0.1) is 15.6 Å². The van der Waals surface area contributed by atoms with Crippen molar-refractivity contribution in [3.63, 3.8) is 0 Å². The summed E-state index contributed by atoms with van der Waals surface area (Å²) in [6.45, 7) is 5.71. The lowest BCUT2D eigenvalue weighted by atomic mass is 10.0. The lowest BCUT2D eigenvalue weighted by molar-refractivity contribution is 0.351. The van der Waals surface area contributed by atoms with Crippen molar-refractivity contribution in [2.24, 2.45) is 0 Å². The van der Waals surface area contributed by atoms with E-state index < -0.39 is 23.0 Å². The second-order valence-corrected chi connectivity index (χ2v) is 8.34. The first-order valence-electron chi connectivity index (χ1n) is 9.68. The quantitative estimate of drug-likeness (QED) is 0.126. The standard InChI is InChI=1S/C25H19NO4S/c1-3-5-6-12(4-2)13-7-9-16-15(11-13)14-8-10-17-18(20(14)26-16)19-21(27)22(28)23(29)24(30)25(19)31-17/h3-11,26-30H,1H2,2H3/b6-5-,12-4+. The highest BCUT2D eigenvalue weighted by Gasteiger charge is 2.24. The molecule has 154 valence electrons. The van der Waals surface area contributed by atoms with E-state index in [1.54, 1.807) is 6.08 Å². The number of aromatic hydroxyl groups is 4. The number of thiophene rings is 1. The summed E-state index contributed by atoms with van der Waals surface area (Å²) in [6, 6.07) is 10.1. The van der Waals surface area contributed by atoms with Gasteiger partial charge in [-0.3, -0.25) is 0 Å². The molecule has 2 heterocycles. The zero-order chi connectivity index (χ0) is 21.9. The zero-order valence-corrected chi connectivity index (χ0v) is 17.4. The first kappa shape index (κ1) is 19.1. The van der Waals surface area contributed by atoms with Gasteiger partial charge in [0.25, 0.3) is 0 Å². The van der Waals surface area contributed by atoms with Crippen LogP contribution in [0.2, 0.25) is 0 Å². The topological polar surface area (TPSA) is 96.7 Å². The number of aromatic amines is 1. The monoisotopic (exact) mass is 429 g/mol. The van der Waals surface area contributed by atoms with Crippen molar-refractivity contribution < 1.29 is 20.4 Å². The second-order valence-electron chi connectivity index (χ2n) is 7.29. The number of hydrogen-bond acceptors (Lipinski definition) is 5. The van der Waals surface area contributed by atoms with Gasteiger partial charge in [0, 0.05) is 26.4 Å². The van der Waals surface area contributed by atoms with Gasteiger partial charge in [0.15, 0.2) is 11.5 Å². The maximum atomic E-state index is 10.6. The minimum atomic E-state index is -0.730. The smallest absolute Gasteiger partial charge is 0.205 e. The Morgan fingerprint density at radius 1 is 0.935 bits per heavy atom. The van der Waals surface area contributed by atoms with Crippen molar-refractivity contribution in [1.29, 1.82) is 0 Å². The third-order valence-corrected chi connectivity index (χ3v) is 6.77. The molecule has 0 spiro atoms. The van der Waals surface area contributed by atoms with Gasteiger partial charge in [-0.05, 0) is 36.3 Å². The van der Waals surface area contributed by atoms with Gasteiger partial charge in [-0.15, -0.1) is 11.3 Å². The summed E-state index contributed by atoms with van der Waals surface area (Å²) in [7, 11) is 0. The van der Waals surface area contributed by atoms with Crippen LogP contribution in [0.15, 0.2) is 61.2 Å². The first-order chi connectivity index (χ1) is 15.0. The van der Waals surface area contributed by atoms with Gasteiger partial charge < -0.3 is 25.4 Å². The van der Waals surface area contributed by atoms with Crippen LogP contribution < -0.4 is 0 Å². The lowest BCUT2D eigenvalue weighted by Crippen LogP contribution is -1.80. The third kappa shape index (κ3) is 2.62. The minimum Gasteiger partial charge on any atom is -0.504 e. The number of H-pyrrole nitrogens is 1. The molecule has 0 saturated heterocycles. The summed E-state index contributed by atoms with van der Waals surface area (Å²) < 4.78 is 1.13. The van der Waals surface area contributed by atoms with Crippen molar-refractivity contribution in [2.45, 2.75) is 6.92 Å². The summed E-state index contributed by atoms with van der Waals surface area (Å²) in [5.41, 5.74) is 3.85. The Bertz CT molecular complexity index is 1600. The average Bonchev–Trinajstić information content (AvgIpc) is 3.35. The van der Waals surface area contributed by atoms with Gasteiger partial charge in [-0.25, -0.2) is 0 Å². The van der Waals surface area contributed by atoms with E-state index in [0.717, 1.165) is 37.6 Å². The summed E-state index contributed by atoms with van der Waals surface area (Å²) >= 11 is 1.24. The first-order valence-corrected chi connectivity index (χ1v) is 10.5. The number of rotatable bonds is 3. The maximum absolute atomic E-state index is 10.6. The second kappa shape index (κ2) is 6.82. The number of fused-ring (bicyclic) bond motifs is 7. The largest absolute Gasteiger partial charge is 0.504 e. The fourth-order valence-corrected chi connectivity index (χ4v) is 5.27. The Hall–Kier alpha value is -3.90. The number of phenolic OH excluding ortho intramolecular Hbond substituents is 4. The molecule has 0 aliphatic heterocycles. The lowest BCUT2D eigenvalue weighted by Gasteiger charge is -2.05. The molecule has 3 aromatic carbocycles. The van der Waals surface area contributed by atoms with Crippen molar-refractivity contribution in [2.75, 3.05) is 0 Å². The number of benzene rings is 3. The van der Waals surface area contributed by atoms with E-state index >= 15 is 0 Å². The Kier molecular flexibility index (Phi) is 4.20. The van der Waals surface area contributed by atoms with E-state index in [1.165, 1.54) is 11.3 Å². The molecule has 6 heteroatoms. The Labute approximate surface area is 181 Å². The van der Waals surface area contributed by atoms with Gasteiger partial charge in [-0.2, -0.15) is 0 Å². The van der Waals surface area contributed by atoms with Crippen LogP contribution in [0.5, 0.6) is 23.0 Å². The summed E-state index contributed by atoms with van der Waals surface area (Å²) in [5, 5.41) is 43.9. The van der Waals surface area contributed by atoms with Crippen LogP contribution in [0, 0.1) is 0 Å². The van der Waals surface area contributed by atoms with Crippen molar-refractivity contribution >= 4 is 58.9 Å². The molecule has 0 aliphatic carbocycles. The van der Waals surface area contributed by atoms with Crippen molar-refractivity contribution in [1.82, 2.24) is 4.98 Å². The molecule has 5 rings (SSSR count). The fraction of sp³-hybridized carbons (Fsp3) is 0.0400. The normalized spacial score (nSPS) is 12.7. The van der Waals surface area contributed by atoms with Crippen LogP contribution in [-0.2, 0) is 0 Å². The predicted octanol–water partition coefficient (Wildman–Crippen LogP) is 6.66. The average molecular weight is 429 g/mol. The van der Waals surface area contributed by atoms with Crippen LogP contribution >= 0.6 is 11.3 Å². The molecule has 2 aromatic heterocycles. The SMILES string of the molecule is C=C/C=C\C(=C/C)c1ccc2[nH]c3c(ccc4sc5c(O)c(O)c(O)c(O)c5c43)c2c1. The van der Waals surface area contributed by atoms with Crippen molar-refractivity contribution in [3.05, 3.63) is 66.8 Å². The summed E-state index contributed by atoms with van der Waals surface area (Å²) in [5.74, 6) is -2.34. The number of aromatic nitrogens is 1. The Morgan fingerprint density at radius 3 is 2.45 bits per heavy atom. The van der Waals surface area contributed by atoms with Crippen LogP contribution in [-0.4, -0.2) is 25.4 Å². The molecule has 5 nitrogen and oxygen atoms in total. The molecule has 5 aromatic rings. The molecule has 0 saturated carbocycles. The van der Waals surface area contributed by atoms with Gasteiger partial charge in [-0.1, -0.05) is 43.0 Å². The molecule has 0 amide bonds. The number of nitrogens with one attached hydrogen (secondary N) is 1. The molecule has 0 bridgehead atoms. The van der Waals surface area contributed by atoms with E-state index in [4.69, 9.17) is 0 Å². The summed E-state index contributed by atoms with van der Waals surface area (Å²) in [6.07, 6.45) is 7.68. The van der Waals surface area contributed by atoms with E-state index in [1.807, 2.05) is 49.4 Å². The molecule has 0 atom stereocenters. The number of allylic oxidation sites excluding steroid dienone is 5. The number of phenols is 4. The highest BCUT2D eigenvalue weighted by molar-refractivity contribution is 7.26. The zero-order valence-electron chi connectivity index (χ0n) is 16.6. The molecule has 0 radical (unpaired) electrons. The molecule has 0 aliphatic rings. The molecular weight excluding hydrogens is 410 g/mol. The highest BCUT2D eigenvalue weighted by atomic mass is 32.1. The molecule has 31 heavy (non-hydrogen) atoms. The van der Waals surface area contributed by atoms with E-state index in [9.17, 15) is 20.4 Å². The minimum absolute atomic E-state index is 0.313. The molecular formula is C25H19NO4S. The third-order valence-electron chi connectivity index (χ3n) is 5.61. The van der Waals surface area contributed by atoms with Crippen LogP contribution in [0.25, 0.3) is 47.6 Å². The highest BCUT2D eigenvalue weighted by Crippen LogP contribution is 2.55. The van der Waals surface area contributed by atoms with Crippen LogP contribution in [0.1, 0.15) is 12.5 Å². The summed E-state index contributed by atoms with van der Waals surface area (Å²) in [4.78, 5) is 3.42. The van der Waals surface area contributed by atoms with E-state index in [-0.39, 0.29) is 0 Å². The van der Waals surface area contributed by atoms with Crippen LogP contribution in [0.4, 0.5) is 0 Å².